The largest absolute Gasteiger partial charge is 0.0984 e. The van der Waals surface area contributed by atoms with E-state index in [1.807, 2.05) is 6.08 Å². The van der Waals surface area contributed by atoms with E-state index in [-0.39, 0.29) is 0 Å². The van der Waals surface area contributed by atoms with Gasteiger partial charge in [0.15, 0.2) is 0 Å². The highest BCUT2D eigenvalue weighted by Gasteiger charge is 2.12. The number of allylic oxidation sites excluding steroid dienone is 2. The number of fused-ring (bicyclic) bond motifs is 1. The zero-order valence-electron chi connectivity index (χ0n) is 10.1. The van der Waals surface area contributed by atoms with E-state index < -0.39 is 0 Å². The van der Waals surface area contributed by atoms with Crippen LogP contribution in [0.4, 0.5) is 0 Å². The van der Waals surface area contributed by atoms with Gasteiger partial charge in [0.05, 0.1) is 0 Å². The summed E-state index contributed by atoms with van der Waals surface area (Å²) < 4.78 is 0. The van der Waals surface area contributed by atoms with Crippen LogP contribution in [0.15, 0.2) is 30.4 Å². The van der Waals surface area contributed by atoms with Crippen LogP contribution in [-0.4, -0.2) is 0 Å². The van der Waals surface area contributed by atoms with E-state index in [1.165, 1.54) is 34.2 Å². The fraction of sp³-hybridized carbons (Fsp3) is 0.250. The third-order valence-electron chi connectivity index (χ3n) is 3.15. The van der Waals surface area contributed by atoms with Crippen LogP contribution in [0, 0.1) is 0 Å². The molecule has 0 saturated heterocycles. The summed E-state index contributed by atoms with van der Waals surface area (Å²) in [6.07, 6.45) is 10.9. The summed E-state index contributed by atoms with van der Waals surface area (Å²) >= 11 is 0. The quantitative estimate of drug-likeness (QED) is 0.663. The van der Waals surface area contributed by atoms with Crippen LogP contribution >= 0.6 is 0 Å². The molecule has 0 atom stereocenters. The van der Waals surface area contributed by atoms with Gasteiger partial charge < -0.3 is 0 Å². The Labute approximate surface area is 98.0 Å². The molecular weight excluding hydrogens is 192 g/mol. The van der Waals surface area contributed by atoms with Crippen molar-refractivity contribution in [3.8, 4) is 0 Å². The van der Waals surface area contributed by atoms with Gasteiger partial charge in [-0.05, 0) is 48.9 Å². The molecule has 0 N–H and O–H groups in total. The van der Waals surface area contributed by atoms with Crippen LogP contribution < -0.4 is 0 Å². The maximum absolute atomic E-state index is 3.89. The molecule has 0 aromatic heterocycles. The molecule has 0 spiro atoms. The number of hydrogen-bond acceptors (Lipinski definition) is 0. The van der Waals surface area contributed by atoms with Crippen LogP contribution in [0.1, 0.15) is 42.5 Å². The van der Waals surface area contributed by atoms with Crippen molar-refractivity contribution < 1.29 is 0 Å². The molecule has 2 rings (SSSR count). The van der Waals surface area contributed by atoms with Crippen LogP contribution in [-0.2, 0) is 6.42 Å². The van der Waals surface area contributed by atoms with Crippen molar-refractivity contribution in [3.05, 3.63) is 52.6 Å². The Bertz CT molecular complexity index is 473. The molecule has 1 aliphatic rings. The average Bonchev–Trinajstić information content (AvgIpc) is 2.29. The molecule has 0 nitrogen and oxygen atoms in total. The van der Waals surface area contributed by atoms with E-state index in [1.54, 1.807) is 0 Å². The van der Waals surface area contributed by atoms with Gasteiger partial charge in [0.1, 0.15) is 0 Å². The van der Waals surface area contributed by atoms with E-state index in [0.29, 0.717) is 0 Å². The molecule has 0 bridgehead atoms. The second-order valence-corrected chi connectivity index (χ2v) is 4.33. The normalized spacial score (nSPS) is 14.8. The molecule has 16 heavy (non-hydrogen) atoms. The molecule has 0 saturated carbocycles. The van der Waals surface area contributed by atoms with Crippen molar-refractivity contribution in [2.45, 2.75) is 26.7 Å². The summed E-state index contributed by atoms with van der Waals surface area (Å²) in [6.45, 7) is 8.16. The Balaban J connectivity index is 2.64. The minimum Gasteiger partial charge on any atom is -0.0984 e. The molecule has 82 valence electrons. The first-order valence-electron chi connectivity index (χ1n) is 5.84. The third kappa shape index (κ3) is 1.88. The van der Waals surface area contributed by atoms with Crippen LogP contribution in [0.5, 0.6) is 0 Å². The van der Waals surface area contributed by atoms with Gasteiger partial charge in [-0.15, -0.1) is 0 Å². The second kappa shape index (κ2) is 4.52. The summed E-state index contributed by atoms with van der Waals surface area (Å²) in [5.74, 6) is 0. The molecule has 0 heteroatoms. The van der Waals surface area contributed by atoms with Crippen LogP contribution in [0.25, 0.3) is 18.2 Å². The standard InChI is InChI=1S/C16H18/c1-4-6-15-13(5-2)8-9-14-11-12(3)7-10-16(14)15/h4-6,8-9,11H,2,7,10H2,1,3H3/b6-4-. The minimum atomic E-state index is 1.15. The van der Waals surface area contributed by atoms with Crippen molar-refractivity contribution in [2.75, 3.05) is 0 Å². The molecule has 0 aliphatic heterocycles. The average molecular weight is 210 g/mol. The molecular formula is C16H18. The Hall–Kier alpha value is -1.56. The highest BCUT2D eigenvalue weighted by Crippen LogP contribution is 2.30. The van der Waals surface area contributed by atoms with E-state index >= 15 is 0 Å². The summed E-state index contributed by atoms with van der Waals surface area (Å²) in [7, 11) is 0. The van der Waals surface area contributed by atoms with E-state index in [9.17, 15) is 0 Å². The molecule has 1 aliphatic carbocycles. The van der Waals surface area contributed by atoms with Gasteiger partial charge >= 0.3 is 0 Å². The Morgan fingerprint density at radius 3 is 2.75 bits per heavy atom. The van der Waals surface area contributed by atoms with Crippen LogP contribution in [0.3, 0.4) is 0 Å². The van der Waals surface area contributed by atoms with E-state index in [4.69, 9.17) is 0 Å². The second-order valence-electron chi connectivity index (χ2n) is 4.33. The lowest BCUT2D eigenvalue weighted by Gasteiger charge is -2.18. The highest BCUT2D eigenvalue weighted by molar-refractivity contribution is 5.73. The number of benzene rings is 1. The highest BCUT2D eigenvalue weighted by atomic mass is 14.2. The van der Waals surface area contributed by atoms with Crippen molar-refractivity contribution in [2.24, 2.45) is 0 Å². The van der Waals surface area contributed by atoms with Crippen LogP contribution in [0.2, 0.25) is 0 Å². The van der Waals surface area contributed by atoms with Gasteiger partial charge in [-0.3, -0.25) is 0 Å². The maximum Gasteiger partial charge on any atom is -0.0149 e. The topological polar surface area (TPSA) is 0 Å². The fourth-order valence-corrected chi connectivity index (χ4v) is 2.32. The van der Waals surface area contributed by atoms with E-state index in [2.05, 4.69) is 50.8 Å². The van der Waals surface area contributed by atoms with Gasteiger partial charge in [-0.2, -0.15) is 0 Å². The first-order chi connectivity index (χ1) is 7.76. The lowest BCUT2D eigenvalue weighted by atomic mass is 9.87. The van der Waals surface area contributed by atoms with Gasteiger partial charge in [-0.25, -0.2) is 0 Å². The lowest BCUT2D eigenvalue weighted by Crippen LogP contribution is -2.01. The lowest BCUT2D eigenvalue weighted by molar-refractivity contribution is 0.924. The molecule has 0 heterocycles. The summed E-state index contributed by atoms with van der Waals surface area (Å²) in [5.41, 5.74) is 6.91. The Morgan fingerprint density at radius 2 is 2.06 bits per heavy atom. The minimum absolute atomic E-state index is 1.15. The summed E-state index contributed by atoms with van der Waals surface area (Å²) in [6, 6.07) is 4.37. The smallest absolute Gasteiger partial charge is 0.0149 e. The zero-order valence-corrected chi connectivity index (χ0v) is 10.1. The molecule has 0 radical (unpaired) electrons. The Kier molecular flexibility index (Phi) is 3.09. The van der Waals surface area contributed by atoms with Crippen molar-refractivity contribution in [3.63, 3.8) is 0 Å². The molecule has 0 fully saturated rings. The summed E-state index contributed by atoms with van der Waals surface area (Å²) in [4.78, 5) is 0. The number of rotatable bonds is 2. The van der Waals surface area contributed by atoms with Crippen molar-refractivity contribution in [1.29, 1.82) is 0 Å². The van der Waals surface area contributed by atoms with Crippen molar-refractivity contribution >= 4 is 18.2 Å². The molecule has 0 amide bonds. The van der Waals surface area contributed by atoms with Gasteiger partial charge in [0, 0.05) is 0 Å². The van der Waals surface area contributed by atoms with Crippen molar-refractivity contribution in [1.82, 2.24) is 0 Å². The molecule has 0 unspecified atom stereocenters. The monoisotopic (exact) mass is 210 g/mol. The third-order valence-corrected chi connectivity index (χ3v) is 3.15. The predicted molar refractivity (Wildman–Crippen MR) is 73.2 cm³/mol. The number of hydrogen-bond donors (Lipinski definition) is 0. The first kappa shape index (κ1) is 10.9. The summed E-state index contributed by atoms with van der Waals surface area (Å²) in [5, 5.41) is 0. The fourth-order valence-electron chi connectivity index (χ4n) is 2.32. The van der Waals surface area contributed by atoms with Gasteiger partial charge in [0.2, 0.25) is 0 Å². The Morgan fingerprint density at radius 1 is 1.25 bits per heavy atom. The molecule has 1 aromatic carbocycles. The SMILES string of the molecule is C=Cc1ccc2c(c1/C=C\C)CCC(C)=C2. The predicted octanol–water partition coefficient (Wildman–Crippen LogP) is 4.71. The zero-order chi connectivity index (χ0) is 11.5. The van der Waals surface area contributed by atoms with E-state index in [0.717, 1.165) is 6.42 Å². The first-order valence-corrected chi connectivity index (χ1v) is 5.84. The van der Waals surface area contributed by atoms with Gasteiger partial charge in [-0.1, -0.05) is 48.6 Å². The maximum atomic E-state index is 3.89. The molecule has 1 aromatic rings. The van der Waals surface area contributed by atoms with Gasteiger partial charge in [0.25, 0.3) is 0 Å².